The maximum Gasteiger partial charge on any atom is 0.276 e. The number of thiazole rings is 1. The Kier molecular flexibility index (Phi) is 4.91. The topological polar surface area (TPSA) is 85.6 Å². The van der Waals surface area contributed by atoms with Gasteiger partial charge in [0.1, 0.15) is 17.1 Å². The zero-order chi connectivity index (χ0) is 19.3. The Labute approximate surface area is 165 Å². The van der Waals surface area contributed by atoms with Crippen molar-refractivity contribution in [3.8, 4) is 28.9 Å². The predicted molar refractivity (Wildman–Crippen MR) is 107 cm³/mol. The van der Waals surface area contributed by atoms with E-state index in [0.29, 0.717) is 27.9 Å². The van der Waals surface area contributed by atoms with Crippen LogP contribution in [0.1, 0.15) is 23.1 Å². The SMILES string of the molecule is CC#Cc1cccc(-c2csc(NC(=O)c3cncn3-c3ccncc3)n2)n1. The summed E-state index contributed by atoms with van der Waals surface area (Å²) < 4.78 is 1.69. The van der Waals surface area contributed by atoms with Gasteiger partial charge in [0, 0.05) is 17.8 Å². The summed E-state index contributed by atoms with van der Waals surface area (Å²) in [4.78, 5) is 29.7. The second-order valence-electron chi connectivity index (χ2n) is 5.63. The van der Waals surface area contributed by atoms with Gasteiger partial charge in [0.05, 0.1) is 23.9 Å². The van der Waals surface area contributed by atoms with Crippen molar-refractivity contribution in [1.29, 1.82) is 0 Å². The fourth-order valence-corrected chi connectivity index (χ4v) is 3.26. The molecule has 8 heteroatoms. The quantitative estimate of drug-likeness (QED) is 0.543. The number of imidazole rings is 1. The monoisotopic (exact) mass is 386 g/mol. The van der Waals surface area contributed by atoms with Crippen LogP contribution < -0.4 is 5.32 Å². The molecule has 1 amide bonds. The lowest BCUT2D eigenvalue weighted by molar-refractivity contribution is 0.102. The lowest BCUT2D eigenvalue weighted by atomic mass is 10.2. The summed E-state index contributed by atoms with van der Waals surface area (Å²) in [7, 11) is 0. The van der Waals surface area contributed by atoms with Crippen LogP contribution in [0.15, 0.2) is 60.6 Å². The highest BCUT2D eigenvalue weighted by Gasteiger charge is 2.15. The average molecular weight is 386 g/mol. The number of nitrogens with one attached hydrogen (secondary N) is 1. The molecule has 1 N–H and O–H groups in total. The van der Waals surface area contributed by atoms with Gasteiger partial charge in [0.2, 0.25) is 0 Å². The highest BCUT2D eigenvalue weighted by atomic mass is 32.1. The van der Waals surface area contributed by atoms with E-state index < -0.39 is 0 Å². The van der Waals surface area contributed by atoms with Crippen LogP contribution in [0.5, 0.6) is 0 Å². The molecule has 28 heavy (non-hydrogen) atoms. The van der Waals surface area contributed by atoms with Gasteiger partial charge in [-0.1, -0.05) is 12.0 Å². The number of pyridine rings is 2. The van der Waals surface area contributed by atoms with Gasteiger partial charge >= 0.3 is 0 Å². The molecule has 0 aliphatic rings. The fraction of sp³-hybridized carbons (Fsp3) is 0.0500. The molecule has 4 rings (SSSR count). The number of carbonyl (C=O) groups excluding carboxylic acids is 1. The van der Waals surface area contributed by atoms with Crippen molar-refractivity contribution in [2.24, 2.45) is 0 Å². The van der Waals surface area contributed by atoms with Gasteiger partial charge in [0.15, 0.2) is 5.13 Å². The van der Waals surface area contributed by atoms with E-state index in [0.717, 1.165) is 5.69 Å². The maximum atomic E-state index is 12.7. The second kappa shape index (κ2) is 7.82. The van der Waals surface area contributed by atoms with Crippen molar-refractivity contribution in [2.45, 2.75) is 6.92 Å². The molecular weight excluding hydrogens is 372 g/mol. The molecule has 0 saturated heterocycles. The van der Waals surface area contributed by atoms with Crippen molar-refractivity contribution in [3.05, 3.63) is 72.0 Å². The minimum atomic E-state index is -0.297. The summed E-state index contributed by atoms with van der Waals surface area (Å²) in [6.07, 6.45) is 6.42. The smallest absolute Gasteiger partial charge is 0.276 e. The van der Waals surface area contributed by atoms with E-state index in [-0.39, 0.29) is 5.91 Å². The first-order valence-corrected chi connectivity index (χ1v) is 9.22. The Morgan fingerprint density at radius 1 is 1.11 bits per heavy atom. The number of rotatable bonds is 4. The van der Waals surface area contributed by atoms with Gasteiger partial charge in [0.25, 0.3) is 5.91 Å². The molecular formula is C20H14N6OS. The molecule has 4 heterocycles. The van der Waals surface area contributed by atoms with Gasteiger partial charge in [-0.15, -0.1) is 11.3 Å². The van der Waals surface area contributed by atoms with Crippen LogP contribution in [0, 0.1) is 11.8 Å². The van der Waals surface area contributed by atoms with E-state index in [1.54, 1.807) is 42.3 Å². The van der Waals surface area contributed by atoms with Gasteiger partial charge in [-0.3, -0.25) is 19.7 Å². The molecule has 0 bridgehead atoms. The van der Waals surface area contributed by atoms with Crippen molar-refractivity contribution < 1.29 is 4.79 Å². The summed E-state index contributed by atoms with van der Waals surface area (Å²) in [5, 5.41) is 5.15. The van der Waals surface area contributed by atoms with Crippen LogP contribution in [0.2, 0.25) is 0 Å². The van der Waals surface area contributed by atoms with Crippen LogP contribution in [-0.4, -0.2) is 30.4 Å². The minimum Gasteiger partial charge on any atom is -0.296 e. The van der Waals surface area contributed by atoms with Gasteiger partial charge < -0.3 is 0 Å². The Bertz CT molecular complexity index is 1190. The third-order valence-electron chi connectivity index (χ3n) is 3.80. The molecule has 7 nitrogen and oxygen atoms in total. The Morgan fingerprint density at radius 2 is 1.96 bits per heavy atom. The first-order valence-electron chi connectivity index (χ1n) is 8.34. The molecule has 0 fully saturated rings. The number of carbonyl (C=O) groups is 1. The van der Waals surface area contributed by atoms with Crippen LogP contribution >= 0.6 is 11.3 Å². The molecule has 0 aliphatic heterocycles. The zero-order valence-corrected chi connectivity index (χ0v) is 15.6. The van der Waals surface area contributed by atoms with Gasteiger partial charge in [-0.2, -0.15) is 0 Å². The molecule has 0 saturated carbocycles. The summed E-state index contributed by atoms with van der Waals surface area (Å²) in [5.41, 5.74) is 3.28. The van der Waals surface area contributed by atoms with Crippen LogP contribution in [0.4, 0.5) is 5.13 Å². The number of aromatic nitrogens is 5. The highest BCUT2D eigenvalue weighted by Crippen LogP contribution is 2.24. The number of anilines is 1. The minimum absolute atomic E-state index is 0.297. The summed E-state index contributed by atoms with van der Waals surface area (Å²) >= 11 is 1.33. The third kappa shape index (κ3) is 3.65. The summed E-state index contributed by atoms with van der Waals surface area (Å²) in [6, 6.07) is 9.19. The van der Waals surface area contributed by atoms with Crippen LogP contribution in [0.25, 0.3) is 17.1 Å². The predicted octanol–water partition coefficient (Wildman–Crippen LogP) is 3.41. The van der Waals surface area contributed by atoms with E-state index in [2.05, 4.69) is 37.1 Å². The largest absolute Gasteiger partial charge is 0.296 e. The van der Waals surface area contributed by atoms with Crippen molar-refractivity contribution in [2.75, 3.05) is 5.32 Å². The molecule has 0 atom stereocenters. The number of nitrogens with zero attached hydrogens (tertiary/aromatic N) is 5. The first kappa shape index (κ1) is 17.6. The fourth-order valence-electron chi connectivity index (χ4n) is 2.56. The third-order valence-corrected chi connectivity index (χ3v) is 4.56. The highest BCUT2D eigenvalue weighted by molar-refractivity contribution is 7.14. The molecule has 4 aromatic rings. The number of hydrogen-bond acceptors (Lipinski definition) is 6. The first-order chi connectivity index (χ1) is 13.7. The maximum absolute atomic E-state index is 12.7. The van der Waals surface area contributed by atoms with E-state index in [9.17, 15) is 4.79 Å². The van der Waals surface area contributed by atoms with E-state index in [1.165, 1.54) is 17.5 Å². The van der Waals surface area contributed by atoms with E-state index in [1.807, 2.05) is 23.6 Å². The van der Waals surface area contributed by atoms with E-state index >= 15 is 0 Å². The summed E-state index contributed by atoms with van der Waals surface area (Å²) in [5.74, 6) is 5.46. The Hall–Kier alpha value is -3.83. The van der Waals surface area contributed by atoms with E-state index in [4.69, 9.17) is 0 Å². The zero-order valence-electron chi connectivity index (χ0n) is 14.8. The lowest BCUT2D eigenvalue weighted by Crippen LogP contribution is -2.16. The Balaban J connectivity index is 1.55. The lowest BCUT2D eigenvalue weighted by Gasteiger charge is -2.07. The molecule has 136 valence electrons. The molecule has 0 spiro atoms. The Morgan fingerprint density at radius 3 is 2.79 bits per heavy atom. The molecule has 0 aliphatic carbocycles. The molecule has 0 radical (unpaired) electrons. The average Bonchev–Trinajstić information content (AvgIpc) is 3.39. The molecule has 4 aromatic heterocycles. The molecule has 0 unspecified atom stereocenters. The van der Waals surface area contributed by atoms with Gasteiger partial charge in [-0.05, 0) is 37.1 Å². The van der Waals surface area contributed by atoms with Gasteiger partial charge in [-0.25, -0.2) is 15.0 Å². The normalized spacial score (nSPS) is 10.2. The summed E-state index contributed by atoms with van der Waals surface area (Å²) in [6.45, 7) is 1.77. The van der Waals surface area contributed by atoms with Crippen molar-refractivity contribution in [1.82, 2.24) is 24.5 Å². The van der Waals surface area contributed by atoms with Crippen LogP contribution in [0.3, 0.4) is 0 Å². The number of hydrogen-bond donors (Lipinski definition) is 1. The van der Waals surface area contributed by atoms with Crippen LogP contribution in [-0.2, 0) is 0 Å². The second-order valence-corrected chi connectivity index (χ2v) is 6.49. The standard InChI is InChI=1S/C20H14N6OS/c1-2-4-14-5-3-6-16(23-14)17-12-28-20(24-17)25-19(27)18-11-22-13-26(18)15-7-9-21-10-8-15/h3,5-13H,1H3,(H,24,25,27). The van der Waals surface area contributed by atoms with Crippen molar-refractivity contribution >= 4 is 22.4 Å². The van der Waals surface area contributed by atoms with Crippen molar-refractivity contribution in [3.63, 3.8) is 0 Å². The molecule has 0 aromatic carbocycles. The number of amides is 1.